The molecule has 1 unspecified atom stereocenters. The Morgan fingerprint density at radius 3 is 2.47 bits per heavy atom. The number of hydrogen-bond donors (Lipinski definition) is 2. The van der Waals surface area contributed by atoms with Crippen molar-refractivity contribution >= 4 is 5.91 Å². The van der Waals surface area contributed by atoms with Crippen LogP contribution in [0.3, 0.4) is 0 Å². The van der Waals surface area contributed by atoms with Crippen LogP contribution in [0, 0.1) is 0 Å². The van der Waals surface area contributed by atoms with Crippen molar-refractivity contribution in [3.05, 3.63) is 0 Å². The molecule has 0 aromatic heterocycles. The van der Waals surface area contributed by atoms with Crippen LogP contribution in [0.15, 0.2) is 0 Å². The van der Waals surface area contributed by atoms with Crippen LogP contribution in [-0.4, -0.2) is 43.0 Å². The number of nitrogens with zero attached hydrogens (tertiary/aromatic N) is 1. The first-order chi connectivity index (χ1) is 6.99. The molecule has 4 heteroatoms. The number of nitrogens with one attached hydrogen (secondary N) is 1. The smallest absolute Gasteiger partial charge is 0.238 e. The second kappa shape index (κ2) is 4.94. The molecule has 0 aliphatic heterocycles. The Morgan fingerprint density at radius 1 is 1.53 bits per heavy atom. The van der Waals surface area contributed by atoms with Crippen molar-refractivity contribution in [2.24, 2.45) is 5.73 Å². The lowest BCUT2D eigenvalue weighted by Crippen LogP contribution is -2.58. The van der Waals surface area contributed by atoms with Crippen molar-refractivity contribution < 1.29 is 4.79 Å². The zero-order chi connectivity index (χ0) is 11.5. The molecule has 88 valence electrons. The number of likely N-dealkylation sites (N-methyl/N-ethyl adjacent to an activating group) is 2. The van der Waals surface area contributed by atoms with Crippen molar-refractivity contribution in [2.75, 3.05) is 20.6 Å². The van der Waals surface area contributed by atoms with Crippen molar-refractivity contribution in [3.8, 4) is 0 Å². The van der Waals surface area contributed by atoms with Gasteiger partial charge < -0.3 is 16.0 Å². The van der Waals surface area contributed by atoms with E-state index < -0.39 is 5.54 Å². The van der Waals surface area contributed by atoms with Crippen molar-refractivity contribution in [1.82, 2.24) is 10.2 Å². The van der Waals surface area contributed by atoms with E-state index in [0.717, 1.165) is 0 Å². The van der Waals surface area contributed by atoms with Gasteiger partial charge >= 0.3 is 0 Å². The number of nitrogens with two attached hydrogens (primary N) is 1. The Morgan fingerprint density at radius 2 is 2.07 bits per heavy atom. The number of hydrogen-bond acceptors (Lipinski definition) is 3. The predicted molar refractivity (Wildman–Crippen MR) is 61.5 cm³/mol. The normalized spacial score (nSPS) is 21.9. The van der Waals surface area contributed by atoms with E-state index in [-0.39, 0.29) is 5.91 Å². The van der Waals surface area contributed by atoms with Gasteiger partial charge in [-0.2, -0.15) is 0 Å². The zero-order valence-corrected chi connectivity index (χ0v) is 10.0. The minimum absolute atomic E-state index is 0.283. The van der Waals surface area contributed by atoms with Crippen LogP contribution in [0.25, 0.3) is 0 Å². The molecule has 1 aliphatic rings. The van der Waals surface area contributed by atoms with E-state index in [1.165, 1.54) is 25.7 Å². The van der Waals surface area contributed by atoms with Gasteiger partial charge in [0, 0.05) is 12.6 Å². The van der Waals surface area contributed by atoms with Gasteiger partial charge in [0.25, 0.3) is 0 Å². The second-order valence-corrected chi connectivity index (χ2v) is 4.80. The number of rotatable bonds is 5. The van der Waals surface area contributed by atoms with Crippen LogP contribution in [0.1, 0.15) is 32.6 Å². The summed E-state index contributed by atoms with van der Waals surface area (Å²) in [5.74, 6) is -0.283. The van der Waals surface area contributed by atoms with E-state index in [1.54, 1.807) is 7.05 Å². The largest absolute Gasteiger partial charge is 0.368 e. The summed E-state index contributed by atoms with van der Waals surface area (Å²) < 4.78 is 0. The van der Waals surface area contributed by atoms with Crippen LogP contribution < -0.4 is 11.1 Å². The molecule has 0 bridgehead atoms. The fourth-order valence-electron chi connectivity index (χ4n) is 2.25. The number of carbonyl (C=O) groups excluding carboxylic acids is 1. The van der Waals surface area contributed by atoms with Gasteiger partial charge in [-0.15, -0.1) is 0 Å². The molecular weight excluding hydrogens is 190 g/mol. The molecule has 0 radical (unpaired) electrons. The van der Waals surface area contributed by atoms with E-state index in [0.29, 0.717) is 12.6 Å². The summed E-state index contributed by atoms with van der Waals surface area (Å²) in [6.07, 6.45) is 5.10. The Labute approximate surface area is 92.2 Å². The summed E-state index contributed by atoms with van der Waals surface area (Å²) in [6, 6.07) is 0.622. The highest BCUT2D eigenvalue weighted by Crippen LogP contribution is 2.23. The van der Waals surface area contributed by atoms with Crippen LogP contribution in [0.5, 0.6) is 0 Å². The van der Waals surface area contributed by atoms with Gasteiger partial charge in [-0.1, -0.05) is 12.8 Å². The van der Waals surface area contributed by atoms with E-state index in [4.69, 9.17) is 5.73 Å². The van der Waals surface area contributed by atoms with E-state index in [2.05, 4.69) is 17.3 Å². The second-order valence-electron chi connectivity index (χ2n) is 4.80. The molecule has 1 saturated carbocycles. The minimum Gasteiger partial charge on any atom is -0.368 e. The van der Waals surface area contributed by atoms with E-state index >= 15 is 0 Å². The molecule has 0 saturated heterocycles. The monoisotopic (exact) mass is 213 g/mol. The van der Waals surface area contributed by atoms with E-state index in [1.807, 2.05) is 6.92 Å². The lowest BCUT2D eigenvalue weighted by Gasteiger charge is -2.33. The standard InChI is InChI=1S/C11H23N3O/c1-11(13-2,10(12)15)8-14(3)9-6-4-5-7-9/h9,13H,4-8H2,1-3H3,(H2,12,15). The fraction of sp³-hybridized carbons (Fsp3) is 0.909. The Bertz CT molecular complexity index is 226. The van der Waals surface area contributed by atoms with Gasteiger partial charge in [0.05, 0.1) is 0 Å². The zero-order valence-electron chi connectivity index (χ0n) is 10.0. The maximum Gasteiger partial charge on any atom is 0.238 e. The average Bonchev–Trinajstić information content (AvgIpc) is 2.70. The molecule has 1 fully saturated rings. The van der Waals surface area contributed by atoms with Crippen LogP contribution in [0.2, 0.25) is 0 Å². The molecule has 1 atom stereocenters. The van der Waals surface area contributed by atoms with Gasteiger partial charge in [-0.3, -0.25) is 4.79 Å². The van der Waals surface area contributed by atoms with Gasteiger partial charge in [0.1, 0.15) is 5.54 Å². The molecule has 1 aliphatic carbocycles. The summed E-state index contributed by atoms with van der Waals surface area (Å²) in [5.41, 5.74) is 4.79. The van der Waals surface area contributed by atoms with Crippen molar-refractivity contribution in [2.45, 2.75) is 44.2 Å². The number of carbonyl (C=O) groups is 1. The third-order valence-corrected chi connectivity index (χ3v) is 3.61. The Kier molecular flexibility index (Phi) is 4.11. The van der Waals surface area contributed by atoms with Crippen molar-refractivity contribution in [1.29, 1.82) is 0 Å². The van der Waals surface area contributed by atoms with Gasteiger partial charge in [-0.25, -0.2) is 0 Å². The molecule has 0 aromatic carbocycles. The summed E-state index contributed by atoms with van der Waals surface area (Å²) in [4.78, 5) is 13.6. The average molecular weight is 213 g/mol. The molecular formula is C11H23N3O. The molecule has 0 spiro atoms. The Hall–Kier alpha value is -0.610. The summed E-state index contributed by atoms with van der Waals surface area (Å²) >= 11 is 0. The third-order valence-electron chi connectivity index (χ3n) is 3.61. The van der Waals surface area contributed by atoms with Gasteiger partial charge in [0.15, 0.2) is 0 Å². The number of amides is 1. The highest BCUT2D eigenvalue weighted by atomic mass is 16.1. The summed E-state index contributed by atoms with van der Waals surface area (Å²) in [7, 11) is 3.86. The summed E-state index contributed by atoms with van der Waals surface area (Å²) in [6.45, 7) is 2.55. The maximum atomic E-state index is 11.3. The quantitative estimate of drug-likeness (QED) is 0.691. The Balaban J connectivity index is 2.54. The van der Waals surface area contributed by atoms with Gasteiger partial charge in [0.2, 0.25) is 5.91 Å². The first-order valence-electron chi connectivity index (χ1n) is 5.68. The molecule has 15 heavy (non-hydrogen) atoms. The molecule has 4 nitrogen and oxygen atoms in total. The molecule has 3 N–H and O–H groups in total. The highest BCUT2D eigenvalue weighted by Gasteiger charge is 2.33. The number of primary amides is 1. The third kappa shape index (κ3) is 2.92. The maximum absolute atomic E-state index is 11.3. The fourth-order valence-corrected chi connectivity index (χ4v) is 2.25. The first kappa shape index (κ1) is 12.5. The minimum atomic E-state index is -0.614. The highest BCUT2D eigenvalue weighted by molar-refractivity contribution is 5.84. The molecule has 0 heterocycles. The SMILES string of the molecule is CNC(C)(CN(C)C1CCCC1)C(N)=O. The molecule has 1 amide bonds. The van der Waals surface area contributed by atoms with Crippen LogP contribution in [-0.2, 0) is 4.79 Å². The predicted octanol–water partition coefficient (Wildman–Crippen LogP) is 0.324. The van der Waals surface area contributed by atoms with Crippen LogP contribution >= 0.6 is 0 Å². The first-order valence-corrected chi connectivity index (χ1v) is 5.68. The van der Waals surface area contributed by atoms with Crippen molar-refractivity contribution in [3.63, 3.8) is 0 Å². The lowest BCUT2D eigenvalue weighted by atomic mass is 10.0. The van der Waals surface area contributed by atoms with E-state index in [9.17, 15) is 4.79 Å². The lowest BCUT2D eigenvalue weighted by molar-refractivity contribution is -0.124. The molecule has 1 rings (SSSR count). The summed E-state index contributed by atoms with van der Waals surface area (Å²) in [5, 5.41) is 3.02. The molecule has 0 aromatic rings. The topological polar surface area (TPSA) is 58.4 Å². The van der Waals surface area contributed by atoms with Crippen LogP contribution in [0.4, 0.5) is 0 Å². The van der Waals surface area contributed by atoms with Gasteiger partial charge in [-0.05, 0) is 33.9 Å².